The Hall–Kier alpha value is -5.18. The lowest BCUT2D eigenvalue weighted by Gasteiger charge is -2.23. The molecule has 1 fully saturated rings. The monoisotopic (exact) mass is 565 g/mol. The van der Waals surface area contributed by atoms with Crippen LogP contribution >= 0.6 is 0 Å². The number of carbonyl (C=O) groups is 3. The van der Waals surface area contributed by atoms with Crippen molar-refractivity contribution in [3.8, 4) is 22.8 Å². The van der Waals surface area contributed by atoms with Gasteiger partial charge in [-0.1, -0.05) is 42.5 Å². The molecular formula is C33H31N3O6. The molecule has 42 heavy (non-hydrogen) atoms. The number of rotatable bonds is 10. The van der Waals surface area contributed by atoms with E-state index in [2.05, 4.69) is 4.98 Å². The number of hydrogen-bond acceptors (Lipinski definition) is 7. The van der Waals surface area contributed by atoms with Crippen LogP contribution in [0.15, 0.2) is 91.1 Å². The maximum atomic E-state index is 13.1. The molecule has 0 spiro atoms. The maximum Gasteiger partial charge on any atom is 0.411 e. The molecule has 214 valence electrons. The minimum absolute atomic E-state index is 0.127. The van der Waals surface area contributed by atoms with E-state index >= 15 is 0 Å². The second-order valence-corrected chi connectivity index (χ2v) is 9.93. The van der Waals surface area contributed by atoms with Gasteiger partial charge in [0.25, 0.3) is 0 Å². The van der Waals surface area contributed by atoms with Gasteiger partial charge in [-0.15, -0.1) is 0 Å². The summed E-state index contributed by atoms with van der Waals surface area (Å²) in [6, 6.07) is 25.5. The third kappa shape index (κ3) is 6.41. The Bertz CT molecular complexity index is 1590. The maximum absolute atomic E-state index is 13.1. The zero-order valence-corrected chi connectivity index (χ0v) is 23.4. The van der Waals surface area contributed by atoms with Gasteiger partial charge in [0.15, 0.2) is 0 Å². The average molecular weight is 566 g/mol. The van der Waals surface area contributed by atoms with Crippen molar-refractivity contribution >= 4 is 18.0 Å². The molecule has 0 saturated carbocycles. The summed E-state index contributed by atoms with van der Waals surface area (Å²) in [7, 11) is 0. The molecule has 4 aromatic rings. The highest BCUT2D eigenvalue weighted by molar-refractivity contribution is 5.92. The fourth-order valence-corrected chi connectivity index (χ4v) is 4.88. The first kappa shape index (κ1) is 28.4. The number of nitrogens with two attached hydrogens (primary N) is 1. The van der Waals surface area contributed by atoms with Crippen LogP contribution < -0.4 is 10.5 Å². The first-order valence-electron chi connectivity index (χ1n) is 13.7. The Morgan fingerprint density at radius 1 is 1.00 bits per heavy atom. The van der Waals surface area contributed by atoms with Gasteiger partial charge in [0.05, 0.1) is 36.9 Å². The Morgan fingerprint density at radius 2 is 1.81 bits per heavy atom. The molecule has 5 rings (SSSR count). The van der Waals surface area contributed by atoms with Gasteiger partial charge in [-0.2, -0.15) is 0 Å². The molecule has 2 atom stereocenters. The highest BCUT2D eigenvalue weighted by Crippen LogP contribution is 2.36. The van der Waals surface area contributed by atoms with Crippen molar-refractivity contribution in [1.29, 1.82) is 0 Å². The fraction of sp³-hybridized carbons (Fsp3) is 0.212. The molecule has 2 amide bonds. The number of primary amides is 1. The molecule has 9 heteroatoms. The average Bonchev–Trinajstić information content (AvgIpc) is 3.27. The third-order valence-corrected chi connectivity index (χ3v) is 7.05. The van der Waals surface area contributed by atoms with E-state index in [1.807, 2.05) is 67.6 Å². The molecule has 9 nitrogen and oxygen atoms in total. The molecule has 1 aliphatic rings. The quantitative estimate of drug-likeness (QED) is 0.240. The van der Waals surface area contributed by atoms with Crippen LogP contribution in [-0.4, -0.2) is 40.5 Å². The lowest BCUT2D eigenvalue weighted by Crippen LogP contribution is -2.31. The SMILES string of the molecule is CCOC(=O)Cc1cccc(Oc2ccc(-c3ccc(C(N)=O)cn3)cc2CN2C(=O)OC(c3ccccc3)C2C)c1. The minimum Gasteiger partial charge on any atom is -0.466 e. The second kappa shape index (κ2) is 12.6. The number of benzene rings is 3. The number of esters is 1. The number of nitrogens with zero attached hydrogens (tertiary/aromatic N) is 2. The topological polar surface area (TPSA) is 121 Å². The zero-order chi connectivity index (χ0) is 29.6. The molecular weight excluding hydrogens is 534 g/mol. The van der Waals surface area contributed by atoms with Crippen molar-refractivity contribution in [2.75, 3.05) is 6.61 Å². The van der Waals surface area contributed by atoms with Gasteiger partial charge in [0, 0.05) is 17.3 Å². The highest BCUT2D eigenvalue weighted by Gasteiger charge is 2.40. The smallest absolute Gasteiger partial charge is 0.411 e. The number of carbonyl (C=O) groups excluding carboxylic acids is 3. The summed E-state index contributed by atoms with van der Waals surface area (Å²) in [6.07, 6.45) is 0.727. The van der Waals surface area contributed by atoms with E-state index in [4.69, 9.17) is 19.9 Å². The van der Waals surface area contributed by atoms with E-state index in [1.54, 1.807) is 36.1 Å². The van der Waals surface area contributed by atoms with E-state index < -0.39 is 18.1 Å². The number of amides is 2. The minimum atomic E-state index is -0.557. The van der Waals surface area contributed by atoms with Crippen LogP contribution in [0, 0.1) is 0 Å². The summed E-state index contributed by atoms with van der Waals surface area (Å²) in [5.41, 5.74) is 9.47. The van der Waals surface area contributed by atoms with Crippen LogP contribution in [0.2, 0.25) is 0 Å². The van der Waals surface area contributed by atoms with Gasteiger partial charge in [-0.05, 0) is 67.4 Å². The summed E-state index contributed by atoms with van der Waals surface area (Å²) >= 11 is 0. The van der Waals surface area contributed by atoms with Crippen molar-refractivity contribution in [1.82, 2.24) is 9.88 Å². The van der Waals surface area contributed by atoms with E-state index in [-0.39, 0.29) is 25.0 Å². The molecule has 3 aromatic carbocycles. The Kier molecular flexibility index (Phi) is 8.47. The molecule has 1 aromatic heterocycles. The number of pyridine rings is 1. The van der Waals surface area contributed by atoms with Crippen LogP contribution in [0.25, 0.3) is 11.3 Å². The summed E-state index contributed by atoms with van der Waals surface area (Å²) in [6.45, 7) is 4.25. The van der Waals surface area contributed by atoms with Crippen LogP contribution in [0.4, 0.5) is 4.79 Å². The molecule has 0 aliphatic carbocycles. The summed E-state index contributed by atoms with van der Waals surface area (Å²) in [5, 5.41) is 0. The van der Waals surface area contributed by atoms with Gasteiger partial charge >= 0.3 is 12.1 Å². The van der Waals surface area contributed by atoms with E-state index in [9.17, 15) is 14.4 Å². The molecule has 2 heterocycles. The fourth-order valence-electron chi connectivity index (χ4n) is 4.88. The van der Waals surface area contributed by atoms with E-state index in [0.717, 1.165) is 22.3 Å². The molecule has 0 bridgehead atoms. The third-order valence-electron chi connectivity index (χ3n) is 7.05. The predicted octanol–water partition coefficient (Wildman–Crippen LogP) is 5.83. The van der Waals surface area contributed by atoms with Crippen LogP contribution in [0.3, 0.4) is 0 Å². The summed E-state index contributed by atoms with van der Waals surface area (Å²) in [5.74, 6) is 0.195. The number of ether oxygens (including phenoxy) is 3. The van der Waals surface area contributed by atoms with E-state index in [1.165, 1.54) is 6.20 Å². The normalized spacial score (nSPS) is 16.1. The van der Waals surface area contributed by atoms with Gasteiger partial charge in [-0.3, -0.25) is 19.5 Å². The molecule has 2 unspecified atom stereocenters. The molecule has 1 aliphatic heterocycles. The number of cyclic esters (lactones) is 1. The molecule has 1 saturated heterocycles. The Morgan fingerprint density at radius 3 is 2.52 bits per heavy atom. The highest BCUT2D eigenvalue weighted by atomic mass is 16.6. The van der Waals surface area contributed by atoms with Crippen molar-refractivity contribution in [2.24, 2.45) is 5.73 Å². The Labute approximate surface area is 243 Å². The van der Waals surface area contributed by atoms with Crippen molar-refractivity contribution in [3.05, 3.63) is 113 Å². The largest absolute Gasteiger partial charge is 0.466 e. The van der Waals surface area contributed by atoms with Crippen LogP contribution in [0.5, 0.6) is 11.5 Å². The zero-order valence-electron chi connectivity index (χ0n) is 23.4. The molecule has 0 radical (unpaired) electrons. The van der Waals surface area contributed by atoms with Crippen LogP contribution in [0.1, 0.15) is 47.0 Å². The van der Waals surface area contributed by atoms with Crippen molar-refractivity contribution in [3.63, 3.8) is 0 Å². The van der Waals surface area contributed by atoms with Gasteiger partial charge in [0.1, 0.15) is 17.6 Å². The van der Waals surface area contributed by atoms with Crippen LogP contribution in [-0.2, 0) is 27.2 Å². The van der Waals surface area contributed by atoms with Crippen molar-refractivity contribution < 1.29 is 28.6 Å². The lowest BCUT2D eigenvalue weighted by molar-refractivity contribution is -0.142. The summed E-state index contributed by atoms with van der Waals surface area (Å²) < 4.78 is 17.2. The second-order valence-electron chi connectivity index (χ2n) is 9.93. The van der Waals surface area contributed by atoms with Crippen molar-refractivity contribution in [2.45, 2.75) is 39.0 Å². The van der Waals surface area contributed by atoms with Gasteiger partial charge < -0.3 is 19.9 Å². The first-order chi connectivity index (χ1) is 20.3. The Balaban J connectivity index is 1.46. The molecule has 2 N–H and O–H groups in total. The standard InChI is InChI=1S/C33H31N3O6/c1-3-40-30(37)17-22-8-7-11-27(16-22)41-29-15-13-24(28-14-12-25(19-35-28)32(34)38)18-26(29)20-36-21(2)31(42-33(36)39)23-9-5-4-6-10-23/h4-16,18-19,21,31H,3,17,20H2,1-2H3,(H2,34,38). The van der Waals surface area contributed by atoms with Gasteiger partial charge in [0.2, 0.25) is 5.91 Å². The number of aromatic nitrogens is 1. The van der Waals surface area contributed by atoms with E-state index in [0.29, 0.717) is 29.4 Å². The lowest BCUT2D eigenvalue weighted by atomic mass is 10.0. The first-order valence-corrected chi connectivity index (χ1v) is 13.7. The summed E-state index contributed by atoms with van der Waals surface area (Å²) in [4.78, 5) is 42.7. The number of hydrogen-bond donors (Lipinski definition) is 1. The predicted molar refractivity (Wildman–Crippen MR) is 156 cm³/mol. The van der Waals surface area contributed by atoms with Gasteiger partial charge in [-0.25, -0.2) is 4.79 Å².